The van der Waals surface area contributed by atoms with Crippen LogP contribution in [-0.4, -0.2) is 24.8 Å². The summed E-state index contributed by atoms with van der Waals surface area (Å²) in [6, 6.07) is 16.7. The maximum absolute atomic E-state index is 5.45. The second-order valence-corrected chi connectivity index (χ2v) is 6.97. The van der Waals surface area contributed by atoms with E-state index in [-0.39, 0.29) is 6.04 Å². The minimum atomic E-state index is 0.144. The number of nitrogens with zero attached hydrogens (tertiary/aromatic N) is 1. The Bertz CT molecular complexity index is 709. The summed E-state index contributed by atoms with van der Waals surface area (Å²) in [5.41, 5.74) is 3.49. The van der Waals surface area contributed by atoms with E-state index in [2.05, 4.69) is 46.7 Å². The van der Waals surface area contributed by atoms with Crippen LogP contribution >= 0.6 is 12.2 Å². The van der Waals surface area contributed by atoms with E-state index < -0.39 is 0 Å². The van der Waals surface area contributed by atoms with Gasteiger partial charge in [0.2, 0.25) is 0 Å². The first kappa shape index (κ1) is 18.5. The number of hydrogen-bond acceptors (Lipinski definition) is 3. The molecule has 1 unspecified atom stereocenters. The van der Waals surface area contributed by atoms with Crippen molar-refractivity contribution < 1.29 is 4.74 Å². The van der Waals surface area contributed by atoms with Gasteiger partial charge in [0.05, 0.1) is 12.6 Å². The average molecular weight is 370 g/mol. The molecule has 5 heteroatoms. The first-order chi connectivity index (χ1) is 12.7. The Morgan fingerprint density at radius 3 is 2.35 bits per heavy atom. The molecule has 26 heavy (non-hydrogen) atoms. The summed E-state index contributed by atoms with van der Waals surface area (Å²) in [5, 5.41) is 7.19. The molecule has 1 aliphatic rings. The molecule has 1 saturated heterocycles. The lowest BCUT2D eigenvalue weighted by Crippen LogP contribution is -2.30. The molecule has 1 heterocycles. The highest BCUT2D eigenvalue weighted by molar-refractivity contribution is 7.80. The van der Waals surface area contributed by atoms with Gasteiger partial charge in [-0.05, 0) is 80.9 Å². The van der Waals surface area contributed by atoms with Crippen LogP contribution in [0.1, 0.15) is 38.3 Å². The molecule has 0 amide bonds. The Morgan fingerprint density at radius 2 is 1.73 bits per heavy atom. The third-order valence-corrected chi connectivity index (χ3v) is 4.86. The molecule has 0 spiro atoms. The highest BCUT2D eigenvalue weighted by Crippen LogP contribution is 2.23. The molecule has 0 aliphatic carbocycles. The molecule has 4 nitrogen and oxygen atoms in total. The Balaban J connectivity index is 1.53. The second-order valence-electron chi connectivity index (χ2n) is 6.56. The fraction of sp³-hybridized carbons (Fsp3) is 0.381. The predicted octanol–water partition coefficient (Wildman–Crippen LogP) is 4.73. The van der Waals surface area contributed by atoms with Crippen LogP contribution in [0.25, 0.3) is 0 Å². The minimum Gasteiger partial charge on any atom is -0.494 e. The summed E-state index contributed by atoms with van der Waals surface area (Å²) in [6.45, 7) is 7.11. The molecular weight excluding hydrogens is 342 g/mol. The summed E-state index contributed by atoms with van der Waals surface area (Å²) >= 11 is 5.45. The molecule has 138 valence electrons. The first-order valence-electron chi connectivity index (χ1n) is 9.31. The fourth-order valence-corrected chi connectivity index (χ4v) is 3.49. The molecule has 2 aromatic carbocycles. The van der Waals surface area contributed by atoms with Crippen LogP contribution < -0.4 is 20.3 Å². The molecule has 0 bridgehead atoms. The topological polar surface area (TPSA) is 36.5 Å². The number of thiocarbonyl (C=S) groups is 1. The van der Waals surface area contributed by atoms with E-state index in [0.717, 1.165) is 11.4 Å². The van der Waals surface area contributed by atoms with Crippen molar-refractivity contribution in [3.05, 3.63) is 54.1 Å². The lowest BCUT2D eigenvalue weighted by Gasteiger charge is -2.20. The summed E-state index contributed by atoms with van der Waals surface area (Å²) < 4.78 is 5.45. The van der Waals surface area contributed by atoms with E-state index in [1.54, 1.807) is 0 Å². The van der Waals surface area contributed by atoms with Gasteiger partial charge in [-0.25, -0.2) is 0 Å². The van der Waals surface area contributed by atoms with Crippen molar-refractivity contribution in [2.24, 2.45) is 0 Å². The van der Waals surface area contributed by atoms with Crippen molar-refractivity contribution in [3.63, 3.8) is 0 Å². The van der Waals surface area contributed by atoms with Crippen LogP contribution in [0.2, 0.25) is 0 Å². The predicted molar refractivity (Wildman–Crippen MR) is 113 cm³/mol. The van der Waals surface area contributed by atoms with Crippen molar-refractivity contribution in [1.82, 2.24) is 5.32 Å². The van der Waals surface area contributed by atoms with Crippen molar-refractivity contribution in [3.8, 4) is 5.75 Å². The quantitative estimate of drug-likeness (QED) is 0.720. The van der Waals surface area contributed by atoms with E-state index in [1.807, 2.05) is 31.2 Å². The lowest BCUT2D eigenvalue weighted by molar-refractivity contribution is 0.340. The molecule has 0 saturated carbocycles. The first-order valence-corrected chi connectivity index (χ1v) is 9.72. The van der Waals surface area contributed by atoms with E-state index >= 15 is 0 Å². The van der Waals surface area contributed by atoms with Gasteiger partial charge >= 0.3 is 0 Å². The third-order valence-electron chi connectivity index (χ3n) is 4.64. The molecule has 0 radical (unpaired) electrons. The van der Waals surface area contributed by atoms with E-state index in [9.17, 15) is 0 Å². The molecule has 0 aromatic heterocycles. The monoisotopic (exact) mass is 369 g/mol. The van der Waals surface area contributed by atoms with Gasteiger partial charge in [-0.15, -0.1) is 0 Å². The largest absolute Gasteiger partial charge is 0.494 e. The van der Waals surface area contributed by atoms with Crippen LogP contribution in [0.4, 0.5) is 11.4 Å². The van der Waals surface area contributed by atoms with Gasteiger partial charge in [0.25, 0.3) is 0 Å². The third kappa shape index (κ3) is 4.88. The fourth-order valence-electron chi connectivity index (χ4n) is 3.20. The maximum Gasteiger partial charge on any atom is 0.171 e. The molecule has 2 N–H and O–H groups in total. The summed E-state index contributed by atoms with van der Waals surface area (Å²) in [5.74, 6) is 0.864. The van der Waals surface area contributed by atoms with Crippen molar-refractivity contribution >= 4 is 28.7 Å². The normalized spacial score (nSPS) is 14.8. The Morgan fingerprint density at radius 1 is 1.08 bits per heavy atom. The van der Waals surface area contributed by atoms with Crippen LogP contribution in [0, 0.1) is 0 Å². The van der Waals surface area contributed by atoms with E-state index in [1.165, 1.54) is 37.2 Å². The number of anilines is 2. The Hall–Kier alpha value is -2.27. The zero-order valence-corrected chi connectivity index (χ0v) is 16.3. The number of benzene rings is 2. The molecule has 1 atom stereocenters. The standard InChI is InChI=1S/C21H27N3OS/c1-3-25-20-12-8-18(9-13-20)23-21(26)22-16(2)17-6-10-19(11-7-17)24-14-4-5-15-24/h6-13,16H,3-5,14-15H2,1-2H3,(H2,22,23,26). The zero-order chi connectivity index (χ0) is 18.4. The summed E-state index contributed by atoms with van der Waals surface area (Å²) in [7, 11) is 0. The van der Waals surface area contributed by atoms with Gasteiger partial charge in [-0.3, -0.25) is 0 Å². The van der Waals surface area contributed by atoms with Crippen LogP contribution in [-0.2, 0) is 0 Å². The van der Waals surface area contributed by atoms with Gasteiger partial charge in [0, 0.05) is 24.5 Å². The second kappa shape index (κ2) is 8.90. The average Bonchev–Trinajstić information content (AvgIpc) is 3.18. The molecule has 1 aliphatic heterocycles. The van der Waals surface area contributed by atoms with Gasteiger partial charge in [0.15, 0.2) is 5.11 Å². The number of ether oxygens (including phenoxy) is 1. The van der Waals surface area contributed by atoms with Crippen molar-refractivity contribution in [2.75, 3.05) is 29.9 Å². The SMILES string of the molecule is CCOc1ccc(NC(=S)NC(C)c2ccc(N3CCCC3)cc2)cc1. The van der Waals surface area contributed by atoms with Gasteiger partial charge in [0.1, 0.15) is 5.75 Å². The molecule has 2 aromatic rings. The number of hydrogen-bond donors (Lipinski definition) is 2. The van der Waals surface area contributed by atoms with E-state index in [4.69, 9.17) is 17.0 Å². The zero-order valence-electron chi connectivity index (χ0n) is 15.5. The minimum absolute atomic E-state index is 0.144. The summed E-state index contributed by atoms with van der Waals surface area (Å²) in [4.78, 5) is 2.44. The van der Waals surface area contributed by atoms with Crippen LogP contribution in [0.3, 0.4) is 0 Å². The maximum atomic E-state index is 5.45. The molecule has 3 rings (SSSR count). The molecule has 1 fully saturated rings. The van der Waals surface area contributed by atoms with Crippen molar-refractivity contribution in [1.29, 1.82) is 0 Å². The van der Waals surface area contributed by atoms with Gasteiger partial charge in [-0.2, -0.15) is 0 Å². The van der Waals surface area contributed by atoms with Crippen molar-refractivity contribution in [2.45, 2.75) is 32.7 Å². The highest BCUT2D eigenvalue weighted by Gasteiger charge is 2.13. The van der Waals surface area contributed by atoms with Crippen LogP contribution in [0.5, 0.6) is 5.75 Å². The highest BCUT2D eigenvalue weighted by atomic mass is 32.1. The Kier molecular flexibility index (Phi) is 6.34. The lowest BCUT2D eigenvalue weighted by atomic mass is 10.1. The summed E-state index contributed by atoms with van der Waals surface area (Å²) in [6.07, 6.45) is 2.59. The molecular formula is C21H27N3OS. The number of nitrogens with one attached hydrogen (secondary N) is 2. The van der Waals surface area contributed by atoms with Gasteiger partial charge in [-0.1, -0.05) is 12.1 Å². The van der Waals surface area contributed by atoms with Crippen LogP contribution in [0.15, 0.2) is 48.5 Å². The Labute approximate surface area is 161 Å². The van der Waals surface area contributed by atoms with E-state index in [0.29, 0.717) is 11.7 Å². The smallest absolute Gasteiger partial charge is 0.171 e. The number of rotatable bonds is 6. The van der Waals surface area contributed by atoms with Gasteiger partial charge < -0.3 is 20.3 Å².